The van der Waals surface area contributed by atoms with Crippen molar-refractivity contribution in [3.05, 3.63) is 33.4 Å². The van der Waals surface area contributed by atoms with Crippen LogP contribution in [0.15, 0.2) is 24.3 Å². The lowest BCUT2D eigenvalue weighted by Crippen LogP contribution is -2.49. The predicted molar refractivity (Wildman–Crippen MR) is 95.8 cm³/mol. The average Bonchev–Trinajstić information content (AvgIpc) is 2.71. The molecule has 0 N–H and O–H groups in total. The van der Waals surface area contributed by atoms with Gasteiger partial charge >= 0.3 is 5.97 Å². The highest BCUT2D eigenvalue weighted by atomic mass is 127. The number of benzene rings is 1. The summed E-state index contributed by atoms with van der Waals surface area (Å²) < 4.78 is 6.83. The van der Waals surface area contributed by atoms with Crippen molar-refractivity contribution < 1.29 is 9.53 Å². The van der Waals surface area contributed by atoms with Crippen molar-refractivity contribution in [2.24, 2.45) is 5.92 Å². The van der Waals surface area contributed by atoms with Gasteiger partial charge in [0, 0.05) is 21.6 Å². The molecule has 0 aromatic heterocycles. The van der Waals surface area contributed by atoms with Crippen molar-refractivity contribution >= 4 is 28.6 Å². The van der Waals surface area contributed by atoms with E-state index in [2.05, 4.69) is 58.8 Å². The van der Waals surface area contributed by atoms with E-state index in [1.165, 1.54) is 15.6 Å². The highest BCUT2D eigenvalue weighted by Gasteiger charge is 2.49. The van der Waals surface area contributed by atoms with Crippen LogP contribution >= 0.6 is 22.6 Å². The quantitative estimate of drug-likeness (QED) is 0.558. The first-order chi connectivity index (χ1) is 10.5. The molecule has 4 atom stereocenters. The molecule has 0 spiro atoms. The zero-order valence-electron chi connectivity index (χ0n) is 13.5. The van der Waals surface area contributed by atoms with E-state index in [0.29, 0.717) is 12.1 Å². The van der Waals surface area contributed by atoms with Gasteiger partial charge in [0.15, 0.2) is 0 Å². The molecule has 2 saturated heterocycles. The molecular weight excluding hydrogens is 389 g/mol. The molecule has 2 aliphatic rings. The van der Waals surface area contributed by atoms with Crippen LogP contribution in [0.25, 0.3) is 0 Å². The van der Waals surface area contributed by atoms with E-state index in [0.717, 1.165) is 12.8 Å². The third-order valence-electron chi connectivity index (χ3n) is 5.19. The number of ether oxygens (including phenoxy) is 1. The number of halogens is 1. The summed E-state index contributed by atoms with van der Waals surface area (Å²) in [5, 5.41) is 0. The molecule has 0 amide bonds. The molecular formula is C18H24INO2. The lowest BCUT2D eigenvalue weighted by Gasteiger charge is -2.42. The summed E-state index contributed by atoms with van der Waals surface area (Å²) in [6.45, 7) is 3.86. The number of hydrogen-bond donors (Lipinski definition) is 0. The van der Waals surface area contributed by atoms with Crippen molar-refractivity contribution in [1.82, 2.24) is 4.90 Å². The predicted octanol–water partition coefficient (Wildman–Crippen LogP) is 3.81. The van der Waals surface area contributed by atoms with Crippen LogP contribution in [0.3, 0.4) is 0 Å². The van der Waals surface area contributed by atoms with Gasteiger partial charge in [-0.25, -0.2) is 0 Å². The smallest absolute Gasteiger partial charge is 0.311 e. The van der Waals surface area contributed by atoms with E-state index in [1.807, 2.05) is 13.8 Å². The Balaban J connectivity index is 1.91. The first-order valence-corrected chi connectivity index (χ1v) is 9.23. The minimum absolute atomic E-state index is 0.0178. The molecule has 22 heavy (non-hydrogen) atoms. The van der Waals surface area contributed by atoms with Gasteiger partial charge in [-0.15, -0.1) is 0 Å². The van der Waals surface area contributed by atoms with E-state index >= 15 is 0 Å². The molecule has 3 nitrogen and oxygen atoms in total. The van der Waals surface area contributed by atoms with Gasteiger partial charge in [-0.2, -0.15) is 0 Å². The van der Waals surface area contributed by atoms with Gasteiger partial charge in [-0.05, 0) is 80.4 Å². The van der Waals surface area contributed by atoms with Gasteiger partial charge < -0.3 is 4.74 Å². The Morgan fingerprint density at radius 3 is 2.59 bits per heavy atom. The molecule has 2 aliphatic heterocycles. The van der Waals surface area contributed by atoms with Crippen molar-refractivity contribution in [3.8, 4) is 0 Å². The van der Waals surface area contributed by atoms with E-state index in [1.54, 1.807) is 0 Å². The van der Waals surface area contributed by atoms with Crippen LogP contribution < -0.4 is 0 Å². The van der Waals surface area contributed by atoms with Crippen molar-refractivity contribution in [2.75, 3.05) is 7.05 Å². The minimum atomic E-state index is -0.0469. The van der Waals surface area contributed by atoms with E-state index in [-0.39, 0.29) is 23.9 Å². The highest BCUT2D eigenvalue weighted by molar-refractivity contribution is 14.1. The third kappa shape index (κ3) is 3.04. The second kappa shape index (κ2) is 6.48. The normalized spacial score (nSPS) is 31.5. The highest BCUT2D eigenvalue weighted by Crippen LogP contribution is 2.46. The molecule has 1 aromatic carbocycles. The van der Waals surface area contributed by atoms with Crippen LogP contribution in [0, 0.1) is 9.49 Å². The number of carbonyl (C=O) groups is 1. The lowest BCUT2D eigenvalue weighted by molar-refractivity contribution is -0.157. The largest absolute Gasteiger partial charge is 0.463 e. The number of hydrogen-bond acceptors (Lipinski definition) is 3. The van der Waals surface area contributed by atoms with Gasteiger partial charge in [-0.1, -0.05) is 12.1 Å². The molecule has 3 rings (SSSR count). The van der Waals surface area contributed by atoms with E-state index in [9.17, 15) is 4.79 Å². The molecule has 2 heterocycles. The molecule has 120 valence electrons. The fourth-order valence-corrected chi connectivity index (χ4v) is 4.51. The molecule has 0 saturated carbocycles. The first kappa shape index (κ1) is 16.2. The molecule has 0 radical (unpaired) electrons. The zero-order chi connectivity index (χ0) is 15.9. The van der Waals surface area contributed by atoms with Gasteiger partial charge in [0.1, 0.15) is 0 Å². The Labute approximate surface area is 146 Å². The Morgan fingerprint density at radius 2 is 1.95 bits per heavy atom. The number of nitrogens with zero attached hydrogens (tertiary/aromatic N) is 1. The SMILES string of the molecule is CC(C)OC(=O)C1C2CCC(C[C@@H]1c1ccc(I)cc1)N2C. The Kier molecular flexibility index (Phi) is 4.78. The number of rotatable bonds is 3. The maximum atomic E-state index is 12.7. The minimum Gasteiger partial charge on any atom is -0.463 e. The second-order valence-electron chi connectivity index (χ2n) is 6.87. The molecule has 1 aromatic rings. The number of fused-ring (bicyclic) bond motifs is 2. The van der Waals surface area contributed by atoms with Crippen LogP contribution in [0.2, 0.25) is 0 Å². The van der Waals surface area contributed by atoms with Crippen molar-refractivity contribution in [1.29, 1.82) is 0 Å². The summed E-state index contributed by atoms with van der Waals surface area (Å²) in [5.41, 5.74) is 1.29. The third-order valence-corrected chi connectivity index (χ3v) is 5.91. The Bertz CT molecular complexity index is 543. The zero-order valence-corrected chi connectivity index (χ0v) is 15.6. The van der Waals surface area contributed by atoms with E-state index in [4.69, 9.17) is 4.74 Å². The number of piperidine rings is 1. The maximum Gasteiger partial charge on any atom is 0.311 e. The monoisotopic (exact) mass is 413 g/mol. The van der Waals surface area contributed by atoms with Crippen molar-refractivity contribution in [2.45, 2.75) is 57.2 Å². The molecule has 0 aliphatic carbocycles. The average molecular weight is 413 g/mol. The summed E-state index contributed by atoms with van der Waals surface area (Å²) in [6.07, 6.45) is 3.33. The maximum absolute atomic E-state index is 12.7. The van der Waals surface area contributed by atoms with E-state index < -0.39 is 0 Å². The number of esters is 1. The summed E-state index contributed by atoms with van der Waals surface area (Å²) in [5.74, 6) is 0.235. The summed E-state index contributed by atoms with van der Waals surface area (Å²) in [6, 6.07) is 9.59. The van der Waals surface area contributed by atoms with Gasteiger partial charge in [0.25, 0.3) is 0 Å². The summed E-state index contributed by atoms with van der Waals surface area (Å²) in [4.78, 5) is 15.2. The van der Waals surface area contributed by atoms with Crippen LogP contribution in [-0.2, 0) is 9.53 Å². The number of carbonyl (C=O) groups excluding carboxylic acids is 1. The van der Waals surface area contributed by atoms with Gasteiger partial charge in [0.05, 0.1) is 12.0 Å². The molecule has 2 bridgehead atoms. The second-order valence-corrected chi connectivity index (χ2v) is 8.11. The Morgan fingerprint density at radius 1 is 1.27 bits per heavy atom. The summed E-state index contributed by atoms with van der Waals surface area (Å²) in [7, 11) is 2.17. The fourth-order valence-electron chi connectivity index (χ4n) is 4.15. The standard InChI is InChI=1S/C18H24INO2/c1-11(2)22-18(21)17-15(12-4-6-13(19)7-5-12)10-14-8-9-16(17)20(14)3/h4-7,11,14-17H,8-10H2,1-3H3/t14?,15-,16?,17?/m1/s1. The molecule has 2 fully saturated rings. The van der Waals surface area contributed by atoms with Crippen LogP contribution in [0.5, 0.6) is 0 Å². The molecule has 3 unspecified atom stereocenters. The Hall–Kier alpha value is -0.620. The van der Waals surface area contributed by atoms with Crippen molar-refractivity contribution in [3.63, 3.8) is 0 Å². The lowest BCUT2D eigenvalue weighted by atomic mass is 9.76. The topological polar surface area (TPSA) is 29.5 Å². The summed E-state index contributed by atoms with van der Waals surface area (Å²) >= 11 is 2.33. The van der Waals surface area contributed by atoms with Gasteiger partial charge in [0.2, 0.25) is 0 Å². The van der Waals surface area contributed by atoms with Crippen LogP contribution in [0.4, 0.5) is 0 Å². The van der Waals surface area contributed by atoms with Gasteiger partial charge in [-0.3, -0.25) is 9.69 Å². The fraction of sp³-hybridized carbons (Fsp3) is 0.611. The van der Waals surface area contributed by atoms with Crippen LogP contribution in [0.1, 0.15) is 44.6 Å². The molecule has 4 heteroatoms. The van der Waals surface area contributed by atoms with Crippen LogP contribution in [-0.4, -0.2) is 36.1 Å². The first-order valence-electron chi connectivity index (χ1n) is 8.15.